The number of hydrogen-bond acceptors (Lipinski definition) is 5. The lowest BCUT2D eigenvalue weighted by Crippen LogP contribution is -2.01. The molecule has 7 aromatic carbocycles. The van der Waals surface area contributed by atoms with Gasteiger partial charge in [0.2, 0.25) is 0 Å². The molecule has 0 saturated heterocycles. The minimum Gasteiger partial charge on any atom is -0.456 e. The fraction of sp³-hybridized carbons (Fsp3) is 0. The summed E-state index contributed by atoms with van der Waals surface area (Å²) in [4.78, 5) is 14.4. The first-order valence-electron chi connectivity index (χ1n) is 20.5. The first-order valence-corrected chi connectivity index (χ1v) is 14.5. The molecule has 0 atom stereocenters. The third kappa shape index (κ3) is 4.35. The van der Waals surface area contributed by atoms with Crippen LogP contribution in [0.4, 0.5) is 0 Å². The molecule has 0 amide bonds. The summed E-state index contributed by atoms with van der Waals surface area (Å²) in [6, 6.07) is 15.0. The van der Waals surface area contributed by atoms with Crippen molar-refractivity contribution in [1.82, 2.24) is 15.0 Å². The quantitative estimate of drug-likeness (QED) is 0.198. The first kappa shape index (κ1) is 17.2. The molecule has 5 nitrogen and oxygen atoms in total. The molecule has 0 unspecified atom stereocenters. The van der Waals surface area contributed by atoms with Crippen molar-refractivity contribution in [2.45, 2.75) is 0 Å². The Morgan fingerprint density at radius 3 is 1.98 bits per heavy atom. The van der Waals surface area contributed by atoms with Gasteiger partial charge in [0.25, 0.3) is 0 Å². The van der Waals surface area contributed by atoms with E-state index in [-0.39, 0.29) is 33.8 Å². The van der Waals surface area contributed by atoms with Crippen LogP contribution in [0.2, 0.25) is 0 Å². The van der Waals surface area contributed by atoms with Crippen LogP contribution in [0.5, 0.6) is 0 Å². The van der Waals surface area contributed by atoms with Gasteiger partial charge in [0.05, 0.1) is 28.1 Å². The predicted molar refractivity (Wildman–Crippen MR) is 189 cm³/mol. The van der Waals surface area contributed by atoms with E-state index in [2.05, 4.69) is 0 Å². The lowest BCUT2D eigenvalue weighted by molar-refractivity contribution is 0.669. The molecule has 5 heteroatoms. The summed E-state index contributed by atoms with van der Waals surface area (Å²) in [5.74, 6) is 0.0329. The minimum absolute atomic E-state index is 0.120. The Balaban J connectivity index is 1.47. The number of aromatic nitrogens is 3. The number of benzene rings is 7. The van der Waals surface area contributed by atoms with Gasteiger partial charge in [-0.3, -0.25) is 0 Å². The monoisotopic (exact) mass is 612 g/mol. The van der Waals surface area contributed by atoms with E-state index in [1.807, 2.05) is 30.3 Å². The highest BCUT2D eigenvalue weighted by atomic mass is 16.3. The molecule has 0 radical (unpaired) electrons. The second kappa shape index (κ2) is 10.8. The third-order valence-corrected chi connectivity index (χ3v) is 7.90. The van der Waals surface area contributed by atoms with Gasteiger partial charge in [-0.15, -0.1) is 0 Å². The molecular weight excluding hydrogens is 576 g/mol. The number of hydrogen-bond donors (Lipinski definition) is 0. The molecule has 9 aromatic rings. The van der Waals surface area contributed by atoms with Gasteiger partial charge in [-0.05, 0) is 45.5 Å². The molecule has 47 heavy (non-hydrogen) atoms. The van der Waals surface area contributed by atoms with Gasteiger partial charge in [0.15, 0.2) is 17.5 Å². The summed E-state index contributed by atoms with van der Waals surface area (Å²) in [5.41, 5.74) is 0.454. The van der Waals surface area contributed by atoms with Crippen molar-refractivity contribution in [3.63, 3.8) is 0 Å². The van der Waals surface area contributed by atoms with E-state index in [1.165, 1.54) is 0 Å². The van der Waals surface area contributed by atoms with Gasteiger partial charge < -0.3 is 4.42 Å². The van der Waals surface area contributed by atoms with Gasteiger partial charge in [-0.2, -0.15) is 5.26 Å². The molecule has 0 spiro atoms. The summed E-state index contributed by atoms with van der Waals surface area (Å²) in [7, 11) is 0. The maximum Gasteiger partial charge on any atom is 0.164 e. The van der Waals surface area contributed by atoms with Crippen LogP contribution in [0, 0.1) is 11.3 Å². The van der Waals surface area contributed by atoms with Crippen LogP contribution in [0.15, 0.2) is 150 Å². The van der Waals surface area contributed by atoms with Crippen molar-refractivity contribution >= 4 is 43.5 Å². The lowest BCUT2D eigenvalue weighted by atomic mass is 9.90. The molecule has 2 aromatic heterocycles. The second-order valence-electron chi connectivity index (χ2n) is 10.6. The molecule has 0 fully saturated rings. The number of furan rings is 1. The van der Waals surface area contributed by atoms with Crippen LogP contribution in [-0.4, -0.2) is 15.0 Å². The van der Waals surface area contributed by atoms with E-state index in [1.54, 1.807) is 48.5 Å². The zero-order chi connectivity index (χ0) is 41.8. The summed E-state index contributed by atoms with van der Waals surface area (Å²) in [6.45, 7) is 0. The summed E-state index contributed by atoms with van der Waals surface area (Å²) in [6.07, 6.45) is 0. The van der Waals surface area contributed by atoms with Crippen molar-refractivity contribution in [3.8, 4) is 51.4 Å². The Hall–Kier alpha value is -6.64. The molecule has 218 valence electrons. The Kier molecular flexibility index (Phi) is 3.93. The Bertz CT molecular complexity index is 3380. The summed E-state index contributed by atoms with van der Waals surface area (Å²) in [5, 5.41) is 10.2. The van der Waals surface area contributed by atoms with E-state index in [4.69, 9.17) is 30.3 Å². The van der Waals surface area contributed by atoms with Gasteiger partial charge >= 0.3 is 0 Å². The van der Waals surface area contributed by atoms with Crippen LogP contribution in [-0.2, 0) is 0 Å². The molecular formula is C42H24N4O. The number of para-hydroxylation sites is 1. The second-order valence-corrected chi connectivity index (χ2v) is 10.6. The van der Waals surface area contributed by atoms with Crippen LogP contribution in [0.1, 0.15) is 22.0 Å². The highest BCUT2D eigenvalue weighted by molar-refractivity contribution is 6.12. The van der Waals surface area contributed by atoms with Crippen LogP contribution in [0.25, 0.3) is 88.8 Å². The van der Waals surface area contributed by atoms with Crippen molar-refractivity contribution in [3.05, 3.63) is 151 Å². The Morgan fingerprint density at radius 1 is 0.511 bits per heavy atom. The lowest BCUT2D eigenvalue weighted by Gasteiger charge is -2.14. The maximum atomic E-state index is 10.3. The summed E-state index contributed by atoms with van der Waals surface area (Å²) >= 11 is 0. The fourth-order valence-electron chi connectivity index (χ4n) is 5.82. The van der Waals surface area contributed by atoms with Gasteiger partial charge in [-0.25, -0.2) is 15.0 Å². The molecule has 0 N–H and O–H groups in total. The predicted octanol–water partition coefficient (Wildman–Crippen LogP) is 10.6. The topological polar surface area (TPSA) is 75.6 Å². The van der Waals surface area contributed by atoms with Gasteiger partial charge in [0, 0.05) is 32.8 Å². The average molecular weight is 613 g/mol. The SMILES string of the molecule is [2H]c1c([2H])c(C#N)c2c(-c3c([2H])c([2H])c([2H])c4c(-c5nc(-c6ccccc6)nc(-c6cccc7oc8ccccc8c67)n5)c([2H])c([2H])c([2H])c34)c([2H])c([2H])c([2H])c2c1[2H]. The largest absolute Gasteiger partial charge is 0.456 e. The number of fused-ring (bicyclic) bond motifs is 5. The highest BCUT2D eigenvalue weighted by Gasteiger charge is 2.19. The maximum absolute atomic E-state index is 10.3. The summed E-state index contributed by atoms with van der Waals surface area (Å²) < 4.78 is 113. The molecule has 0 saturated carbocycles. The van der Waals surface area contributed by atoms with Crippen molar-refractivity contribution in [2.24, 2.45) is 0 Å². The molecule has 2 heterocycles. The fourth-order valence-corrected chi connectivity index (χ4v) is 5.82. The minimum atomic E-state index is -0.762. The van der Waals surface area contributed by atoms with Crippen molar-refractivity contribution < 1.29 is 20.9 Å². The van der Waals surface area contributed by atoms with Gasteiger partial charge in [0.1, 0.15) is 11.2 Å². The standard InChI is InChI=1S/C42H24N4O/c43-25-28-15-6-13-26-14-7-20-32(38(26)28)30-18-8-19-31-29(30)17-9-21-33(31)41-44-40(27-11-2-1-3-12-27)45-42(46-41)35-22-10-24-37-39(35)34-16-4-5-23-36(34)47-37/h1-24H/i6D,7D,8D,9D,13D,14D,15D,17D,18D,19D,20D,21D. The van der Waals surface area contributed by atoms with Crippen molar-refractivity contribution in [1.29, 1.82) is 5.26 Å². The highest BCUT2D eigenvalue weighted by Crippen LogP contribution is 2.40. The average Bonchev–Trinajstić information content (AvgIpc) is 3.64. The van der Waals surface area contributed by atoms with Crippen molar-refractivity contribution in [2.75, 3.05) is 0 Å². The van der Waals surface area contributed by atoms with E-state index >= 15 is 0 Å². The number of nitriles is 1. The van der Waals surface area contributed by atoms with E-state index in [0.717, 1.165) is 5.39 Å². The molecule has 9 rings (SSSR count). The van der Waals surface area contributed by atoms with Crippen LogP contribution in [0.3, 0.4) is 0 Å². The molecule has 0 aliphatic heterocycles. The normalized spacial score (nSPS) is 15.0. The van der Waals surface area contributed by atoms with Gasteiger partial charge in [-0.1, -0.05) is 127 Å². The molecule has 0 aliphatic rings. The van der Waals surface area contributed by atoms with E-state index < -0.39 is 100.0 Å². The molecule has 0 bridgehead atoms. The zero-order valence-electron chi connectivity index (χ0n) is 36.1. The zero-order valence-corrected chi connectivity index (χ0v) is 24.1. The molecule has 0 aliphatic carbocycles. The van der Waals surface area contributed by atoms with E-state index in [9.17, 15) is 10.7 Å². The van der Waals surface area contributed by atoms with Crippen LogP contribution < -0.4 is 0 Å². The Morgan fingerprint density at radius 2 is 1.15 bits per heavy atom. The number of nitrogens with zero attached hydrogens (tertiary/aromatic N) is 4. The smallest absolute Gasteiger partial charge is 0.164 e. The van der Waals surface area contributed by atoms with E-state index in [0.29, 0.717) is 27.7 Å². The Labute approximate surface area is 286 Å². The first-order chi connectivity index (χ1) is 28.3. The third-order valence-electron chi connectivity index (χ3n) is 7.90. The number of rotatable bonds is 4. The van der Waals surface area contributed by atoms with Crippen LogP contribution >= 0.6 is 0 Å².